The van der Waals surface area contributed by atoms with Gasteiger partial charge < -0.3 is 14.2 Å². The maximum absolute atomic E-state index is 5.60. The number of hydrogen-bond donors (Lipinski definition) is 0. The van der Waals surface area contributed by atoms with Gasteiger partial charge in [0.05, 0.1) is 19.8 Å². The van der Waals surface area contributed by atoms with Crippen molar-refractivity contribution in [1.82, 2.24) is 9.97 Å². The first-order chi connectivity index (χ1) is 7.83. The van der Waals surface area contributed by atoms with Gasteiger partial charge in [-0.1, -0.05) is 0 Å². The van der Waals surface area contributed by atoms with Crippen molar-refractivity contribution in [3.63, 3.8) is 0 Å². The van der Waals surface area contributed by atoms with Gasteiger partial charge in [-0.15, -0.1) is 0 Å². The summed E-state index contributed by atoms with van der Waals surface area (Å²) in [5, 5.41) is 0.189. The highest BCUT2D eigenvalue weighted by atomic mass is 35.5. The molecule has 0 fully saturated rings. The molecule has 0 spiro atoms. The summed E-state index contributed by atoms with van der Waals surface area (Å²) in [6.07, 6.45) is 2.35. The third-order valence-electron chi connectivity index (χ3n) is 1.72. The molecule has 90 valence electrons. The van der Waals surface area contributed by atoms with Crippen molar-refractivity contribution in [3.8, 4) is 5.88 Å². The Labute approximate surface area is 99.7 Å². The number of rotatable bonds is 8. The minimum absolute atomic E-state index is 0.189. The Balaban J connectivity index is 2.03. The van der Waals surface area contributed by atoms with Gasteiger partial charge in [-0.3, -0.25) is 0 Å². The average Bonchev–Trinajstić information content (AvgIpc) is 2.28. The lowest BCUT2D eigenvalue weighted by molar-refractivity contribution is 0.0642. The predicted octanol–water partition coefficient (Wildman–Crippen LogP) is 1.56. The lowest BCUT2D eigenvalue weighted by Crippen LogP contribution is -2.07. The molecule has 1 rings (SSSR count). The van der Waals surface area contributed by atoms with Crippen molar-refractivity contribution in [1.29, 1.82) is 0 Å². The summed E-state index contributed by atoms with van der Waals surface area (Å²) in [5.74, 6) is 0.483. The van der Waals surface area contributed by atoms with E-state index in [1.807, 2.05) is 0 Å². The van der Waals surface area contributed by atoms with E-state index >= 15 is 0 Å². The Kier molecular flexibility index (Phi) is 6.80. The summed E-state index contributed by atoms with van der Waals surface area (Å²) in [5.41, 5.74) is 0. The van der Waals surface area contributed by atoms with E-state index in [0.29, 0.717) is 32.3 Å². The molecule has 0 unspecified atom stereocenters. The molecule has 0 saturated heterocycles. The number of ether oxygens (including phenoxy) is 3. The molecular formula is C10H15ClN2O3. The van der Waals surface area contributed by atoms with Crippen LogP contribution in [-0.2, 0) is 9.47 Å². The first-order valence-electron chi connectivity index (χ1n) is 5.01. The van der Waals surface area contributed by atoms with E-state index in [1.165, 1.54) is 0 Å². The molecule has 0 aliphatic heterocycles. The fourth-order valence-corrected chi connectivity index (χ4v) is 1.12. The molecule has 6 heteroatoms. The predicted molar refractivity (Wildman–Crippen MR) is 59.8 cm³/mol. The van der Waals surface area contributed by atoms with E-state index in [4.69, 9.17) is 25.8 Å². The Hall–Kier alpha value is -0.910. The molecule has 0 atom stereocenters. The van der Waals surface area contributed by atoms with Crippen molar-refractivity contribution in [2.75, 3.05) is 33.5 Å². The van der Waals surface area contributed by atoms with Crippen LogP contribution in [0.15, 0.2) is 12.3 Å². The first-order valence-corrected chi connectivity index (χ1v) is 5.39. The van der Waals surface area contributed by atoms with Crippen LogP contribution in [0, 0.1) is 0 Å². The summed E-state index contributed by atoms with van der Waals surface area (Å²) in [7, 11) is 1.64. The summed E-state index contributed by atoms with van der Waals surface area (Å²) in [4.78, 5) is 7.65. The summed E-state index contributed by atoms with van der Waals surface area (Å²) in [6, 6.07) is 1.66. The standard InChI is InChI=1S/C10H15ClN2O3/c1-14-7-8-15-5-2-6-16-9-3-4-12-10(11)13-9/h3-4H,2,5-8H2,1H3. The van der Waals surface area contributed by atoms with Crippen LogP contribution in [-0.4, -0.2) is 43.5 Å². The van der Waals surface area contributed by atoms with Gasteiger partial charge in [-0.2, -0.15) is 4.98 Å². The minimum Gasteiger partial charge on any atom is -0.477 e. The Morgan fingerprint density at radius 3 is 2.88 bits per heavy atom. The lowest BCUT2D eigenvalue weighted by Gasteiger charge is -2.05. The highest BCUT2D eigenvalue weighted by Crippen LogP contribution is 2.08. The molecule has 5 nitrogen and oxygen atoms in total. The Morgan fingerprint density at radius 1 is 1.25 bits per heavy atom. The van der Waals surface area contributed by atoms with Crippen LogP contribution in [0.2, 0.25) is 5.28 Å². The largest absolute Gasteiger partial charge is 0.477 e. The maximum Gasteiger partial charge on any atom is 0.225 e. The fraction of sp³-hybridized carbons (Fsp3) is 0.600. The number of aromatic nitrogens is 2. The fourth-order valence-electron chi connectivity index (χ4n) is 0.982. The Morgan fingerprint density at radius 2 is 2.12 bits per heavy atom. The molecule has 16 heavy (non-hydrogen) atoms. The van der Waals surface area contributed by atoms with Crippen molar-refractivity contribution in [2.45, 2.75) is 6.42 Å². The molecule has 1 heterocycles. The van der Waals surface area contributed by atoms with Crippen LogP contribution >= 0.6 is 11.6 Å². The zero-order chi connectivity index (χ0) is 11.6. The van der Waals surface area contributed by atoms with Gasteiger partial charge in [-0.25, -0.2) is 4.98 Å². The van der Waals surface area contributed by atoms with Gasteiger partial charge in [0.25, 0.3) is 0 Å². The van der Waals surface area contributed by atoms with Crippen molar-refractivity contribution in [3.05, 3.63) is 17.5 Å². The molecule has 1 aromatic rings. The molecule has 1 aromatic heterocycles. The van der Waals surface area contributed by atoms with E-state index in [0.717, 1.165) is 6.42 Å². The third-order valence-corrected chi connectivity index (χ3v) is 1.90. The van der Waals surface area contributed by atoms with Gasteiger partial charge in [-0.05, 0) is 11.6 Å². The van der Waals surface area contributed by atoms with Crippen molar-refractivity contribution in [2.24, 2.45) is 0 Å². The maximum atomic E-state index is 5.60. The summed E-state index contributed by atoms with van der Waals surface area (Å²) >= 11 is 5.60. The monoisotopic (exact) mass is 246 g/mol. The van der Waals surface area contributed by atoms with Gasteiger partial charge in [0, 0.05) is 32.4 Å². The average molecular weight is 247 g/mol. The third kappa shape index (κ3) is 5.85. The van der Waals surface area contributed by atoms with Crippen LogP contribution in [0.3, 0.4) is 0 Å². The molecule has 0 aromatic carbocycles. The second kappa shape index (κ2) is 8.27. The second-order valence-corrected chi connectivity index (χ2v) is 3.31. The van der Waals surface area contributed by atoms with Crippen LogP contribution in [0.25, 0.3) is 0 Å². The van der Waals surface area contributed by atoms with Crippen LogP contribution < -0.4 is 4.74 Å². The van der Waals surface area contributed by atoms with E-state index in [9.17, 15) is 0 Å². The van der Waals surface area contributed by atoms with E-state index in [1.54, 1.807) is 19.4 Å². The number of nitrogens with zero attached hydrogens (tertiary/aromatic N) is 2. The zero-order valence-corrected chi connectivity index (χ0v) is 9.94. The van der Waals surface area contributed by atoms with E-state index in [2.05, 4.69) is 9.97 Å². The molecule has 0 bridgehead atoms. The topological polar surface area (TPSA) is 53.5 Å². The lowest BCUT2D eigenvalue weighted by atomic mass is 10.5. The number of halogens is 1. The molecule has 0 saturated carbocycles. The summed E-state index contributed by atoms with van der Waals surface area (Å²) in [6.45, 7) is 2.40. The highest BCUT2D eigenvalue weighted by molar-refractivity contribution is 6.28. The van der Waals surface area contributed by atoms with Crippen molar-refractivity contribution >= 4 is 11.6 Å². The van der Waals surface area contributed by atoms with Crippen LogP contribution in [0.4, 0.5) is 0 Å². The van der Waals surface area contributed by atoms with Crippen molar-refractivity contribution < 1.29 is 14.2 Å². The molecule has 0 radical (unpaired) electrons. The van der Waals surface area contributed by atoms with Crippen LogP contribution in [0.1, 0.15) is 6.42 Å². The Bertz CT molecular complexity index is 299. The number of hydrogen-bond acceptors (Lipinski definition) is 5. The minimum atomic E-state index is 0.189. The smallest absolute Gasteiger partial charge is 0.225 e. The highest BCUT2D eigenvalue weighted by Gasteiger charge is 1.97. The molecule has 0 N–H and O–H groups in total. The molecule has 0 amide bonds. The molecule has 0 aliphatic carbocycles. The van der Waals surface area contributed by atoms with E-state index in [-0.39, 0.29) is 5.28 Å². The van der Waals surface area contributed by atoms with Gasteiger partial charge in [0.1, 0.15) is 0 Å². The second-order valence-electron chi connectivity index (χ2n) is 2.97. The zero-order valence-electron chi connectivity index (χ0n) is 9.19. The quantitative estimate of drug-likeness (QED) is 0.515. The molecular weight excluding hydrogens is 232 g/mol. The summed E-state index contributed by atoms with van der Waals surface area (Å²) < 4.78 is 15.5. The van der Waals surface area contributed by atoms with Gasteiger partial charge in [0.15, 0.2) is 0 Å². The van der Waals surface area contributed by atoms with Gasteiger partial charge >= 0.3 is 0 Å². The first kappa shape index (κ1) is 13.2. The van der Waals surface area contributed by atoms with E-state index < -0.39 is 0 Å². The molecule has 0 aliphatic rings. The van der Waals surface area contributed by atoms with Gasteiger partial charge in [0.2, 0.25) is 11.2 Å². The number of methoxy groups -OCH3 is 1. The normalized spacial score (nSPS) is 10.4. The van der Waals surface area contributed by atoms with Crippen LogP contribution in [0.5, 0.6) is 5.88 Å². The SMILES string of the molecule is COCCOCCCOc1ccnc(Cl)n1.